The van der Waals surface area contributed by atoms with Crippen LogP contribution in [-0.4, -0.2) is 39.3 Å². The molecule has 1 fully saturated rings. The van der Waals surface area contributed by atoms with Crippen molar-refractivity contribution in [2.75, 3.05) is 18.0 Å². The Morgan fingerprint density at radius 3 is 2.71 bits per heavy atom. The SMILES string of the molecule is CCN1C(=C/C=C2/SC(=S)N(CC(=O)O)C2=O)Sc2ccccc21. The first-order valence-electron chi connectivity index (χ1n) is 7.23. The van der Waals surface area contributed by atoms with Crippen molar-refractivity contribution in [3.63, 3.8) is 0 Å². The highest BCUT2D eigenvalue weighted by Gasteiger charge is 2.33. The van der Waals surface area contributed by atoms with Crippen LogP contribution in [0.1, 0.15) is 6.92 Å². The van der Waals surface area contributed by atoms with Crippen molar-refractivity contribution in [2.24, 2.45) is 0 Å². The van der Waals surface area contributed by atoms with Gasteiger partial charge in [0.25, 0.3) is 5.91 Å². The number of thioether (sulfide) groups is 2. The highest BCUT2D eigenvalue weighted by molar-refractivity contribution is 8.26. The van der Waals surface area contributed by atoms with Gasteiger partial charge in [-0.05, 0) is 31.2 Å². The van der Waals surface area contributed by atoms with Gasteiger partial charge in [0.2, 0.25) is 0 Å². The second-order valence-electron chi connectivity index (χ2n) is 5.00. The van der Waals surface area contributed by atoms with Gasteiger partial charge in [0, 0.05) is 11.4 Å². The van der Waals surface area contributed by atoms with Gasteiger partial charge in [0.1, 0.15) is 10.9 Å². The Kier molecular flexibility index (Phi) is 4.98. The molecule has 0 aliphatic carbocycles. The number of hydrogen-bond donors (Lipinski definition) is 1. The second-order valence-corrected chi connectivity index (χ2v) is 7.74. The molecule has 0 bridgehead atoms. The highest BCUT2D eigenvalue weighted by atomic mass is 32.2. The molecule has 1 saturated heterocycles. The lowest BCUT2D eigenvalue weighted by atomic mass is 10.3. The zero-order chi connectivity index (χ0) is 17.3. The molecular weight excluding hydrogens is 364 g/mol. The molecule has 5 nitrogen and oxygen atoms in total. The summed E-state index contributed by atoms with van der Waals surface area (Å²) in [4.78, 5) is 28.0. The molecule has 2 aliphatic rings. The maximum absolute atomic E-state index is 12.3. The second kappa shape index (κ2) is 7.00. The van der Waals surface area contributed by atoms with Crippen LogP contribution in [0.3, 0.4) is 0 Å². The number of fused-ring (bicyclic) bond motifs is 1. The van der Waals surface area contributed by atoms with Gasteiger partial charge in [0.15, 0.2) is 0 Å². The number of aliphatic carboxylic acids is 1. The monoisotopic (exact) mass is 378 g/mol. The first kappa shape index (κ1) is 17.1. The number of allylic oxidation sites excluding steroid dienone is 2. The largest absolute Gasteiger partial charge is 0.480 e. The normalized spacial score (nSPS) is 20.4. The fourth-order valence-corrected chi connectivity index (χ4v) is 4.76. The number of thiocarbonyl (C=S) groups is 1. The number of rotatable bonds is 4. The molecule has 2 heterocycles. The minimum atomic E-state index is -1.08. The Hall–Kier alpha value is -1.77. The van der Waals surface area contributed by atoms with Gasteiger partial charge in [-0.15, -0.1) is 0 Å². The number of nitrogens with zero attached hydrogens (tertiary/aromatic N) is 2. The van der Waals surface area contributed by atoms with Crippen molar-refractivity contribution in [1.82, 2.24) is 4.90 Å². The van der Waals surface area contributed by atoms with Crippen molar-refractivity contribution in [1.29, 1.82) is 0 Å². The Morgan fingerprint density at radius 1 is 1.25 bits per heavy atom. The topological polar surface area (TPSA) is 60.9 Å². The average Bonchev–Trinajstić information content (AvgIpc) is 3.04. The van der Waals surface area contributed by atoms with Crippen molar-refractivity contribution in [2.45, 2.75) is 11.8 Å². The van der Waals surface area contributed by atoms with E-state index in [1.54, 1.807) is 17.8 Å². The minimum absolute atomic E-state index is 0.279. The van der Waals surface area contributed by atoms with E-state index in [0.29, 0.717) is 4.91 Å². The maximum Gasteiger partial charge on any atom is 0.323 e. The molecule has 8 heteroatoms. The van der Waals surface area contributed by atoms with Crippen LogP contribution in [0.4, 0.5) is 5.69 Å². The van der Waals surface area contributed by atoms with Crippen LogP contribution in [0, 0.1) is 0 Å². The fourth-order valence-electron chi connectivity index (χ4n) is 2.44. The van der Waals surface area contributed by atoms with E-state index in [1.165, 1.54) is 4.90 Å². The molecule has 0 saturated carbocycles. The van der Waals surface area contributed by atoms with Crippen LogP contribution in [0.25, 0.3) is 0 Å². The smallest absolute Gasteiger partial charge is 0.323 e. The van der Waals surface area contributed by atoms with E-state index in [1.807, 2.05) is 18.2 Å². The molecule has 0 unspecified atom stereocenters. The number of para-hydroxylation sites is 1. The lowest BCUT2D eigenvalue weighted by Crippen LogP contribution is -2.33. The third kappa shape index (κ3) is 3.22. The molecule has 1 aromatic rings. The molecule has 1 N–H and O–H groups in total. The first-order chi connectivity index (χ1) is 11.5. The maximum atomic E-state index is 12.3. The van der Waals surface area contributed by atoms with Crippen LogP contribution < -0.4 is 4.90 Å². The number of carbonyl (C=O) groups is 2. The van der Waals surface area contributed by atoms with Crippen molar-refractivity contribution < 1.29 is 14.7 Å². The number of hydrogen-bond acceptors (Lipinski definition) is 6. The predicted molar refractivity (Wildman–Crippen MR) is 101 cm³/mol. The van der Waals surface area contributed by atoms with Crippen LogP contribution >= 0.6 is 35.7 Å². The third-order valence-electron chi connectivity index (χ3n) is 3.50. The summed E-state index contributed by atoms with van der Waals surface area (Å²) in [6.07, 6.45) is 3.61. The summed E-state index contributed by atoms with van der Waals surface area (Å²) < 4.78 is 0.279. The van der Waals surface area contributed by atoms with Gasteiger partial charge in [0.05, 0.1) is 15.6 Å². The molecule has 124 valence electrons. The van der Waals surface area contributed by atoms with E-state index in [0.717, 1.165) is 33.9 Å². The zero-order valence-corrected chi connectivity index (χ0v) is 15.2. The molecule has 2 aliphatic heterocycles. The molecule has 0 aromatic heterocycles. The van der Waals surface area contributed by atoms with Crippen molar-refractivity contribution in [3.8, 4) is 0 Å². The molecule has 0 spiro atoms. The number of anilines is 1. The first-order valence-corrected chi connectivity index (χ1v) is 9.27. The summed E-state index contributed by atoms with van der Waals surface area (Å²) in [5.74, 6) is -1.43. The summed E-state index contributed by atoms with van der Waals surface area (Å²) in [6, 6.07) is 8.14. The molecule has 3 rings (SSSR count). The van der Waals surface area contributed by atoms with Gasteiger partial charge in [-0.3, -0.25) is 14.5 Å². The van der Waals surface area contributed by atoms with Crippen molar-refractivity contribution in [3.05, 3.63) is 46.4 Å². The molecule has 1 amide bonds. The van der Waals surface area contributed by atoms with E-state index >= 15 is 0 Å². The Morgan fingerprint density at radius 2 is 2.00 bits per heavy atom. The lowest BCUT2D eigenvalue weighted by molar-refractivity contribution is -0.140. The Bertz CT molecular complexity index is 789. The third-order valence-corrected chi connectivity index (χ3v) is 6.02. The van der Waals surface area contributed by atoms with Crippen LogP contribution in [0.15, 0.2) is 51.2 Å². The Balaban J connectivity index is 1.83. The average molecular weight is 379 g/mol. The van der Waals surface area contributed by atoms with Crippen LogP contribution in [0.5, 0.6) is 0 Å². The molecule has 0 radical (unpaired) electrons. The van der Waals surface area contributed by atoms with E-state index in [-0.39, 0.29) is 10.2 Å². The quantitative estimate of drug-likeness (QED) is 0.637. The zero-order valence-electron chi connectivity index (χ0n) is 12.8. The van der Waals surface area contributed by atoms with Gasteiger partial charge < -0.3 is 10.0 Å². The number of carbonyl (C=O) groups excluding carboxylic acids is 1. The summed E-state index contributed by atoms with van der Waals surface area (Å²) >= 11 is 7.87. The molecule has 1 aromatic carbocycles. The van der Waals surface area contributed by atoms with E-state index < -0.39 is 12.5 Å². The molecule has 24 heavy (non-hydrogen) atoms. The predicted octanol–water partition coefficient (Wildman–Crippen LogP) is 3.29. The van der Waals surface area contributed by atoms with Gasteiger partial charge >= 0.3 is 5.97 Å². The summed E-state index contributed by atoms with van der Waals surface area (Å²) in [7, 11) is 0. The van der Waals surface area contributed by atoms with Crippen LogP contribution in [-0.2, 0) is 9.59 Å². The summed E-state index contributed by atoms with van der Waals surface area (Å²) in [5, 5.41) is 9.89. The van der Waals surface area contributed by atoms with Gasteiger partial charge in [-0.25, -0.2) is 0 Å². The summed E-state index contributed by atoms with van der Waals surface area (Å²) in [6.45, 7) is 2.49. The molecule has 0 atom stereocenters. The van der Waals surface area contributed by atoms with E-state index in [9.17, 15) is 9.59 Å². The van der Waals surface area contributed by atoms with E-state index in [4.69, 9.17) is 17.3 Å². The standard InChI is InChI=1S/C16H14N2O3S3/c1-2-17-10-5-3-4-6-11(10)23-13(17)8-7-12-15(21)18(9-14(19)20)16(22)24-12/h3-8H,2,9H2,1H3,(H,19,20)/b12-7+,13-8?. The van der Waals surface area contributed by atoms with Crippen molar-refractivity contribution >= 4 is 57.6 Å². The lowest BCUT2D eigenvalue weighted by Gasteiger charge is -2.17. The van der Waals surface area contributed by atoms with Gasteiger partial charge in [-0.1, -0.05) is 47.9 Å². The fraction of sp³-hybridized carbons (Fsp3) is 0.188. The molecular formula is C16H14N2O3S3. The van der Waals surface area contributed by atoms with E-state index in [2.05, 4.69) is 24.0 Å². The minimum Gasteiger partial charge on any atom is -0.480 e. The highest BCUT2D eigenvalue weighted by Crippen LogP contribution is 2.45. The summed E-state index contributed by atoms with van der Waals surface area (Å²) in [5.41, 5.74) is 1.16. The number of benzene rings is 1. The number of carboxylic acid groups (broad SMARTS) is 1. The van der Waals surface area contributed by atoms with Crippen LogP contribution in [0.2, 0.25) is 0 Å². The number of carboxylic acids is 1. The Labute approximate surface area is 153 Å². The number of amides is 1. The van der Waals surface area contributed by atoms with Gasteiger partial charge in [-0.2, -0.15) is 0 Å².